The highest BCUT2D eigenvalue weighted by Crippen LogP contribution is 2.13. The molecule has 1 heterocycles. The van der Waals surface area contributed by atoms with Gasteiger partial charge in [-0.1, -0.05) is 6.08 Å². The molecule has 3 nitrogen and oxygen atoms in total. The average molecular weight is 184 g/mol. The van der Waals surface area contributed by atoms with Crippen molar-refractivity contribution in [1.82, 2.24) is 0 Å². The third kappa shape index (κ3) is 4.80. The summed E-state index contributed by atoms with van der Waals surface area (Å²) in [6.45, 7) is 1.45. The van der Waals surface area contributed by atoms with Gasteiger partial charge in [0.25, 0.3) is 0 Å². The molecule has 1 fully saturated rings. The van der Waals surface area contributed by atoms with Crippen LogP contribution in [-0.2, 0) is 14.3 Å². The summed E-state index contributed by atoms with van der Waals surface area (Å²) in [5.74, 6) is 0. The minimum atomic E-state index is -0.0154. The summed E-state index contributed by atoms with van der Waals surface area (Å²) >= 11 is 0. The lowest BCUT2D eigenvalue weighted by Crippen LogP contribution is -2.22. The fourth-order valence-electron chi connectivity index (χ4n) is 1.26. The van der Waals surface area contributed by atoms with Crippen molar-refractivity contribution in [3.8, 4) is 0 Å². The normalized spacial score (nSPS) is 23.5. The van der Waals surface area contributed by atoms with Gasteiger partial charge in [-0.2, -0.15) is 0 Å². The number of allylic oxidation sites excluding steroid dienone is 1. The lowest BCUT2D eigenvalue weighted by atomic mass is 10.2. The van der Waals surface area contributed by atoms with Crippen LogP contribution in [0, 0.1) is 0 Å². The highest BCUT2D eigenvalue weighted by Gasteiger charge is 2.12. The number of carbonyl (C=O) groups is 1. The molecule has 1 unspecified atom stereocenters. The Kier molecular flexibility index (Phi) is 5.45. The van der Waals surface area contributed by atoms with E-state index in [1.165, 1.54) is 12.5 Å². The van der Waals surface area contributed by atoms with E-state index in [1.807, 2.05) is 0 Å². The van der Waals surface area contributed by atoms with Crippen LogP contribution in [0.25, 0.3) is 0 Å². The van der Waals surface area contributed by atoms with Gasteiger partial charge in [-0.15, -0.1) is 0 Å². The second-order valence-electron chi connectivity index (χ2n) is 3.02. The summed E-state index contributed by atoms with van der Waals surface area (Å²) in [6.07, 6.45) is 8.16. The average Bonchev–Trinajstić information content (AvgIpc) is 2.19. The van der Waals surface area contributed by atoms with Gasteiger partial charge in [0.15, 0.2) is 6.29 Å². The maximum Gasteiger partial charge on any atom is 0.157 e. The lowest BCUT2D eigenvalue weighted by Gasteiger charge is -2.22. The Morgan fingerprint density at radius 1 is 1.46 bits per heavy atom. The van der Waals surface area contributed by atoms with Crippen LogP contribution in [0.5, 0.6) is 0 Å². The van der Waals surface area contributed by atoms with Gasteiger partial charge in [0, 0.05) is 6.61 Å². The Morgan fingerprint density at radius 2 is 2.38 bits per heavy atom. The molecule has 1 aliphatic rings. The zero-order valence-corrected chi connectivity index (χ0v) is 7.78. The van der Waals surface area contributed by atoms with Crippen LogP contribution in [0.15, 0.2) is 12.2 Å². The van der Waals surface area contributed by atoms with Gasteiger partial charge in [0.2, 0.25) is 0 Å². The third-order valence-electron chi connectivity index (χ3n) is 1.94. The standard InChI is InChI=1S/C10H16O3/c11-7-3-1-4-8-12-10-6-2-5-9-13-10/h1,3,7,10H,2,4-6,8-9H2/b3-1+. The zero-order valence-electron chi connectivity index (χ0n) is 7.78. The van der Waals surface area contributed by atoms with Crippen LogP contribution in [0.3, 0.4) is 0 Å². The molecule has 0 aliphatic carbocycles. The number of ether oxygens (including phenoxy) is 2. The maximum absolute atomic E-state index is 9.92. The van der Waals surface area contributed by atoms with Gasteiger partial charge in [0.05, 0.1) is 6.61 Å². The minimum Gasteiger partial charge on any atom is -0.353 e. The van der Waals surface area contributed by atoms with Crippen molar-refractivity contribution in [2.45, 2.75) is 32.0 Å². The van der Waals surface area contributed by atoms with E-state index in [1.54, 1.807) is 6.08 Å². The van der Waals surface area contributed by atoms with Crippen LogP contribution in [0.2, 0.25) is 0 Å². The summed E-state index contributed by atoms with van der Waals surface area (Å²) in [5, 5.41) is 0. The first-order valence-electron chi connectivity index (χ1n) is 4.77. The molecule has 0 bridgehead atoms. The monoisotopic (exact) mass is 184 g/mol. The smallest absolute Gasteiger partial charge is 0.157 e. The molecule has 0 amide bonds. The molecule has 13 heavy (non-hydrogen) atoms. The van der Waals surface area contributed by atoms with E-state index in [4.69, 9.17) is 9.47 Å². The van der Waals surface area contributed by atoms with Gasteiger partial charge >= 0.3 is 0 Å². The van der Waals surface area contributed by atoms with Crippen LogP contribution in [-0.4, -0.2) is 25.8 Å². The fourth-order valence-corrected chi connectivity index (χ4v) is 1.26. The zero-order chi connectivity index (χ0) is 9.36. The second kappa shape index (κ2) is 6.80. The Bertz CT molecular complexity index is 160. The number of rotatable bonds is 5. The van der Waals surface area contributed by atoms with Gasteiger partial charge in [-0.05, 0) is 31.8 Å². The van der Waals surface area contributed by atoms with E-state index in [0.717, 1.165) is 32.2 Å². The topological polar surface area (TPSA) is 35.5 Å². The first-order chi connectivity index (χ1) is 6.43. The molecular formula is C10H16O3. The maximum atomic E-state index is 9.92. The summed E-state index contributed by atoms with van der Waals surface area (Å²) in [5.41, 5.74) is 0. The molecule has 0 aromatic rings. The van der Waals surface area contributed by atoms with E-state index in [-0.39, 0.29) is 6.29 Å². The molecule has 1 aliphatic heterocycles. The second-order valence-corrected chi connectivity index (χ2v) is 3.02. The Labute approximate surface area is 78.7 Å². The quantitative estimate of drug-likeness (QED) is 0.370. The predicted molar refractivity (Wildman–Crippen MR) is 49.4 cm³/mol. The Hall–Kier alpha value is -0.670. The highest BCUT2D eigenvalue weighted by molar-refractivity contribution is 5.64. The van der Waals surface area contributed by atoms with Gasteiger partial charge in [0.1, 0.15) is 6.29 Å². The molecule has 0 radical (unpaired) electrons. The highest BCUT2D eigenvalue weighted by atomic mass is 16.7. The van der Waals surface area contributed by atoms with Crippen LogP contribution in [0.4, 0.5) is 0 Å². The SMILES string of the molecule is O=C/C=C/CCOC1CCCCO1. The molecule has 74 valence electrons. The van der Waals surface area contributed by atoms with Crippen molar-refractivity contribution < 1.29 is 14.3 Å². The third-order valence-corrected chi connectivity index (χ3v) is 1.94. The summed E-state index contributed by atoms with van der Waals surface area (Å²) in [4.78, 5) is 9.92. The Morgan fingerprint density at radius 3 is 3.08 bits per heavy atom. The molecule has 1 atom stereocenters. The van der Waals surface area contributed by atoms with Gasteiger partial charge < -0.3 is 9.47 Å². The number of hydrogen-bond acceptors (Lipinski definition) is 3. The van der Waals surface area contributed by atoms with Gasteiger partial charge in [-0.25, -0.2) is 0 Å². The van der Waals surface area contributed by atoms with Crippen molar-refractivity contribution in [1.29, 1.82) is 0 Å². The molecule has 0 aromatic heterocycles. The first-order valence-corrected chi connectivity index (χ1v) is 4.77. The molecule has 0 N–H and O–H groups in total. The van der Waals surface area contributed by atoms with E-state index >= 15 is 0 Å². The van der Waals surface area contributed by atoms with E-state index in [0.29, 0.717) is 6.61 Å². The number of carbonyl (C=O) groups excluding carboxylic acids is 1. The molecule has 1 saturated heterocycles. The summed E-state index contributed by atoms with van der Waals surface area (Å²) in [6, 6.07) is 0. The van der Waals surface area contributed by atoms with Crippen LogP contribution in [0.1, 0.15) is 25.7 Å². The van der Waals surface area contributed by atoms with Crippen molar-refractivity contribution >= 4 is 6.29 Å². The first kappa shape index (κ1) is 10.4. The van der Waals surface area contributed by atoms with Crippen molar-refractivity contribution in [2.75, 3.05) is 13.2 Å². The lowest BCUT2D eigenvalue weighted by molar-refractivity contribution is -0.161. The number of hydrogen-bond donors (Lipinski definition) is 0. The van der Waals surface area contributed by atoms with Crippen molar-refractivity contribution in [3.63, 3.8) is 0 Å². The largest absolute Gasteiger partial charge is 0.353 e. The summed E-state index contributed by atoms with van der Waals surface area (Å²) < 4.78 is 10.8. The van der Waals surface area contributed by atoms with Gasteiger partial charge in [-0.3, -0.25) is 4.79 Å². The molecule has 1 rings (SSSR count). The van der Waals surface area contributed by atoms with Crippen molar-refractivity contribution in [3.05, 3.63) is 12.2 Å². The molecule has 0 aromatic carbocycles. The van der Waals surface area contributed by atoms with Crippen LogP contribution >= 0.6 is 0 Å². The minimum absolute atomic E-state index is 0.0154. The van der Waals surface area contributed by atoms with Crippen LogP contribution < -0.4 is 0 Å². The molecule has 3 heteroatoms. The van der Waals surface area contributed by atoms with E-state index < -0.39 is 0 Å². The van der Waals surface area contributed by atoms with E-state index in [2.05, 4.69) is 0 Å². The fraction of sp³-hybridized carbons (Fsp3) is 0.700. The van der Waals surface area contributed by atoms with E-state index in [9.17, 15) is 4.79 Å². The Balaban J connectivity index is 1.97. The number of aldehydes is 1. The summed E-state index contributed by atoms with van der Waals surface area (Å²) in [7, 11) is 0. The van der Waals surface area contributed by atoms with Crippen molar-refractivity contribution in [2.24, 2.45) is 0 Å². The molecular weight excluding hydrogens is 168 g/mol. The predicted octanol–water partition coefficient (Wildman–Crippen LogP) is 1.67. The molecule has 0 saturated carbocycles. The molecule has 0 spiro atoms.